The minimum atomic E-state index is -4.78. The van der Waals surface area contributed by atoms with Gasteiger partial charge in [0.2, 0.25) is 0 Å². The average molecular weight is 969 g/mol. The fourth-order valence-electron chi connectivity index (χ4n) is 6.10. The monoisotopic (exact) mass is 969 g/mol. The van der Waals surface area contributed by atoms with Gasteiger partial charge in [-0.05, 0) is 109 Å². The van der Waals surface area contributed by atoms with Crippen molar-refractivity contribution in [3.63, 3.8) is 0 Å². The molecular weight excluding hydrogens is 880 g/mol. The van der Waals surface area contributed by atoms with Crippen LogP contribution in [0.1, 0.15) is 175 Å². The number of rotatable bonds is 45. The molecule has 0 amide bonds. The molecule has 0 fully saturated rings. The molecule has 0 heterocycles. The van der Waals surface area contributed by atoms with Crippen molar-refractivity contribution in [2.24, 2.45) is 0 Å². The molecule has 0 aliphatic rings. The van der Waals surface area contributed by atoms with Gasteiger partial charge in [0, 0.05) is 19.3 Å². The summed E-state index contributed by atoms with van der Waals surface area (Å²) in [5.74, 6) is -1.63. The summed E-state index contributed by atoms with van der Waals surface area (Å²) in [5, 5.41) is 9.76. The van der Waals surface area contributed by atoms with Crippen LogP contribution >= 0.6 is 7.82 Å². The van der Waals surface area contributed by atoms with Crippen LogP contribution in [0.5, 0.6) is 0 Å². The van der Waals surface area contributed by atoms with Gasteiger partial charge in [0.15, 0.2) is 6.10 Å². The lowest BCUT2D eigenvalue weighted by Crippen LogP contribution is -2.30. The van der Waals surface area contributed by atoms with Gasteiger partial charge in [-0.25, -0.2) is 4.57 Å². The highest BCUT2D eigenvalue weighted by molar-refractivity contribution is 7.47. The first-order valence-corrected chi connectivity index (χ1v) is 26.9. The van der Waals surface area contributed by atoms with E-state index in [2.05, 4.69) is 130 Å². The molecule has 68 heavy (non-hydrogen) atoms. The molecule has 12 heteroatoms. The molecule has 11 nitrogen and oxygen atoms in total. The zero-order valence-electron chi connectivity index (χ0n) is 42.0. The molecule has 0 saturated carbocycles. The van der Waals surface area contributed by atoms with E-state index in [1.165, 1.54) is 0 Å². The van der Waals surface area contributed by atoms with Crippen molar-refractivity contribution in [1.82, 2.24) is 0 Å². The van der Waals surface area contributed by atoms with Gasteiger partial charge >= 0.3 is 25.7 Å². The summed E-state index contributed by atoms with van der Waals surface area (Å²) in [5.41, 5.74) is 0. The predicted molar refractivity (Wildman–Crippen MR) is 279 cm³/mol. The van der Waals surface area contributed by atoms with E-state index in [4.69, 9.17) is 23.3 Å². The highest BCUT2D eigenvalue weighted by Crippen LogP contribution is 2.43. The van der Waals surface area contributed by atoms with E-state index >= 15 is 0 Å². The zero-order chi connectivity index (χ0) is 49.9. The van der Waals surface area contributed by atoms with Crippen LogP contribution in [0.4, 0.5) is 0 Å². The Morgan fingerprint density at radius 2 is 0.750 bits per heavy atom. The Morgan fingerprint density at radius 3 is 1.21 bits per heavy atom. The SMILES string of the molecule is CC/C=C\C/C=C\C/C=C\C/C=C\CCC(=O)OC(COC(=O)CCCCCCC/C=C\C/C=C\C/C=C\CC)COP(=O)(O)OCC(CO)OC(=O)CCCCC/C=C\C/C=C\C/C=C\CC. The van der Waals surface area contributed by atoms with Gasteiger partial charge in [-0.1, -0.05) is 168 Å². The van der Waals surface area contributed by atoms with Crippen molar-refractivity contribution < 1.29 is 52.2 Å². The van der Waals surface area contributed by atoms with Crippen LogP contribution in [0.3, 0.4) is 0 Å². The van der Waals surface area contributed by atoms with E-state index in [-0.39, 0.29) is 25.9 Å². The van der Waals surface area contributed by atoms with Crippen LogP contribution in [0, 0.1) is 0 Å². The molecule has 0 aromatic carbocycles. The minimum Gasteiger partial charge on any atom is -0.462 e. The third-order valence-corrected chi connectivity index (χ3v) is 10.8. The van der Waals surface area contributed by atoms with Crippen LogP contribution in [0.2, 0.25) is 0 Å². The Morgan fingerprint density at radius 1 is 0.412 bits per heavy atom. The van der Waals surface area contributed by atoms with Crippen LogP contribution in [-0.2, 0) is 42.2 Å². The summed E-state index contributed by atoms with van der Waals surface area (Å²) >= 11 is 0. The first kappa shape index (κ1) is 63.9. The molecule has 0 saturated heterocycles. The number of carbonyl (C=O) groups excluding carboxylic acids is 3. The average Bonchev–Trinajstić information content (AvgIpc) is 3.32. The van der Waals surface area contributed by atoms with Gasteiger partial charge in [0.1, 0.15) is 12.7 Å². The molecule has 0 aromatic heterocycles. The molecule has 0 aliphatic heterocycles. The quantitative estimate of drug-likeness (QED) is 0.0197. The fraction of sp³-hybridized carbons (Fsp3) is 0.589. The summed E-state index contributed by atoms with van der Waals surface area (Å²) in [6, 6.07) is 0. The number of unbranched alkanes of at least 4 members (excludes halogenated alkanes) is 8. The van der Waals surface area contributed by atoms with E-state index in [1.54, 1.807) is 0 Å². The molecule has 3 atom stereocenters. The smallest absolute Gasteiger partial charge is 0.462 e. The second kappa shape index (κ2) is 49.3. The zero-order valence-corrected chi connectivity index (χ0v) is 42.9. The number of aliphatic hydroxyl groups excluding tert-OH is 1. The standard InChI is InChI=1S/C56H89O11P/c1-4-7-10-13-16-19-22-25-26-29-30-33-36-39-42-45-54(58)63-49-53(67-56(60)47-44-41-38-35-32-28-24-21-18-15-12-9-6-3)51-65-68(61,62)64-50-52(48-57)66-55(59)46-43-40-37-34-31-27-23-20-17-14-11-8-5-2/h7-12,16-21,25-28,31-32,38,41,52-53,57H,4-6,13-15,22-24,29-30,33-37,39-40,42-51H2,1-3H3,(H,61,62)/b10-7-,11-8-,12-9-,19-16-,20-17-,21-18-,26-25-,31-27-,32-28-,41-38-. The van der Waals surface area contributed by atoms with Gasteiger partial charge in [-0.15, -0.1) is 0 Å². The first-order valence-electron chi connectivity index (χ1n) is 25.4. The normalized spacial score (nSPS) is 14.5. The van der Waals surface area contributed by atoms with Crippen LogP contribution in [0.25, 0.3) is 0 Å². The first-order chi connectivity index (χ1) is 33.2. The molecule has 3 unspecified atom stereocenters. The van der Waals surface area contributed by atoms with Gasteiger partial charge in [-0.2, -0.15) is 0 Å². The number of aliphatic hydroxyl groups is 1. The third-order valence-electron chi connectivity index (χ3n) is 9.87. The van der Waals surface area contributed by atoms with Crippen molar-refractivity contribution in [2.45, 2.75) is 187 Å². The van der Waals surface area contributed by atoms with Gasteiger partial charge in [-0.3, -0.25) is 23.4 Å². The number of hydrogen-bond acceptors (Lipinski definition) is 10. The number of ether oxygens (including phenoxy) is 3. The second-order valence-electron chi connectivity index (χ2n) is 16.2. The lowest BCUT2D eigenvalue weighted by Gasteiger charge is -2.21. The molecule has 0 aliphatic carbocycles. The topological polar surface area (TPSA) is 155 Å². The Balaban J connectivity index is 4.89. The summed E-state index contributed by atoms with van der Waals surface area (Å²) in [6.07, 6.45) is 59.1. The number of esters is 3. The lowest BCUT2D eigenvalue weighted by molar-refractivity contribution is -0.161. The molecule has 384 valence electrons. The van der Waals surface area contributed by atoms with Crippen molar-refractivity contribution >= 4 is 25.7 Å². The number of phosphoric acid groups is 1. The van der Waals surface area contributed by atoms with E-state index in [0.29, 0.717) is 19.3 Å². The maximum atomic E-state index is 12.8. The van der Waals surface area contributed by atoms with E-state index in [9.17, 15) is 28.9 Å². The number of carbonyl (C=O) groups is 3. The van der Waals surface area contributed by atoms with E-state index < -0.39 is 57.8 Å². The maximum Gasteiger partial charge on any atom is 0.472 e. The predicted octanol–water partition coefficient (Wildman–Crippen LogP) is 14.5. The van der Waals surface area contributed by atoms with Gasteiger partial charge in [0.25, 0.3) is 0 Å². The molecule has 0 rings (SSSR count). The second-order valence-corrected chi connectivity index (χ2v) is 17.6. The highest BCUT2D eigenvalue weighted by Gasteiger charge is 2.28. The van der Waals surface area contributed by atoms with Crippen molar-refractivity contribution in [3.05, 3.63) is 122 Å². The van der Waals surface area contributed by atoms with Crippen molar-refractivity contribution in [2.75, 3.05) is 26.4 Å². The number of allylic oxidation sites excluding steroid dienone is 20. The van der Waals surface area contributed by atoms with Crippen molar-refractivity contribution in [3.8, 4) is 0 Å². The fourth-order valence-corrected chi connectivity index (χ4v) is 6.89. The van der Waals surface area contributed by atoms with Crippen LogP contribution in [-0.4, -0.2) is 66.5 Å². The molecule has 0 spiro atoms. The Labute approximate surface area is 411 Å². The summed E-state index contributed by atoms with van der Waals surface area (Å²) in [6.45, 7) is 4.12. The number of phosphoric ester groups is 1. The van der Waals surface area contributed by atoms with Gasteiger partial charge in [0.05, 0.1) is 19.8 Å². The van der Waals surface area contributed by atoms with Crippen molar-refractivity contribution in [1.29, 1.82) is 0 Å². The maximum absolute atomic E-state index is 12.8. The summed E-state index contributed by atoms with van der Waals surface area (Å²) < 4.78 is 39.2. The molecule has 0 aromatic rings. The molecule has 0 bridgehead atoms. The van der Waals surface area contributed by atoms with E-state index in [1.807, 2.05) is 12.2 Å². The summed E-state index contributed by atoms with van der Waals surface area (Å²) in [4.78, 5) is 48.2. The Kier molecular flexibility index (Phi) is 46.3. The highest BCUT2D eigenvalue weighted by atomic mass is 31.2. The molecule has 0 radical (unpaired) electrons. The largest absolute Gasteiger partial charge is 0.472 e. The van der Waals surface area contributed by atoms with Gasteiger partial charge < -0.3 is 24.2 Å². The number of hydrogen-bond donors (Lipinski definition) is 2. The van der Waals surface area contributed by atoms with Crippen LogP contribution in [0.15, 0.2) is 122 Å². The van der Waals surface area contributed by atoms with Crippen LogP contribution < -0.4 is 0 Å². The Hall–Kier alpha value is -4.12. The third kappa shape index (κ3) is 47.0. The molecule has 2 N–H and O–H groups in total. The molecular formula is C56H89O11P. The summed E-state index contributed by atoms with van der Waals surface area (Å²) in [7, 11) is -4.78. The lowest BCUT2D eigenvalue weighted by atomic mass is 10.1. The Bertz CT molecular complexity index is 1600. The van der Waals surface area contributed by atoms with E-state index in [0.717, 1.165) is 116 Å². The minimum absolute atomic E-state index is 0.0335.